The van der Waals surface area contributed by atoms with E-state index in [1.807, 2.05) is 0 Å². The molecule has 1 saturated carbocycles. The first-order valence-electron chi connectivity index (χ1n) is 7.33. The number of alkyl carbamates (subject to hydrolysis) is 1. The predicted octanol–water partition coefficient (Wildman–Crippen LogP) is 3.67. The first kappa shape index (κ1) is 18.3. The number of hydrogen-bond acceptors (Lipinski definition) is 4. The van der Waals surface area contributed by atoms with Crippen LogP contribution in [0.1, 0.15) is 39.3 Å². The number of pyridine rings is 1. The fourth-order valence-electron chi connectivity index (χ4n) is 2.04. The average Bonchev–Trinajstić information content (AvgIpc) is 2.34. The van der Waals surface area contributed by atoms with Crippen molar-refractivity contribution in [2.24, 2.45) is 0 Å². The van der Waals surface area contributed by atoms with Gasteiger partial charge in [0.2, 0.25) is 0 Å². The first-order valence-corrected chi connectivity index (χ1v) is 7.33. The summed E-state index contributed by atoms with van der Waals surface area (Å²) < 4.78 is 61.2. The van der Waals surface area contributed by atoms with Crippen molar-refractivity contribution in [3.63, 3.8) is 0 Å². The quantitative estimate of drug-likeness (QED) is 0.667. The predicted molar refractivity (Wildman–Crippen MR) is 76.0 cm³/mol. The van der Waals surface area contributed by atoms with Crippen molar-refractivity contribution >= 4 is 6.09 Å². The summed E-state index contributed by atoms with van der Waals surface area (Å²) in [6, 6.07) is 1.55. The van der Waals surface area contributed by atoms with Crippen LogP contribution in [0.3, 0.4) is 0 Å². The molecule has 24 heavy (non-hydrogen) atoms. The number of carbonyl (C=O) groups is 1. The molecule has 0 aliphatic heterocycles. The smallest absolute Gasteiger partial charge is 0.433 e. The summed E-state index contributed by atoms with van der Waals surface area (Å²) >= 11 is 0. The van der Waals surface area contributed by atoms with Gasteiger partial charge in [-0.1, -0.05) is 0 Å². The van der Waals surface area contributed by atoms with E-state index in [0.29, 0.717) is 18.9 Å². The van der Waals surface area contributed by atoms with Gasteiger partial charge in [-0.3, -0.25) is 0 Å². The Labute approximate surface area is 136 Å². The minimum absolute atomic E-state index is 0.331. The molecule has 1 aromatic rings. The van der Waals surface area contributed by atoms with Gasteiger partial charge in [-0.15, -0.1) is 0 Å². The molecule has 5 nitrogen and oxygen atoms in total. The molecule has 0 saturated heterocycles. The maximum Gasteiger partial charge on any atom is 0.433 e. The molecule has 1 aliphatic rings. The van der Waals surface area contributed by atoms with Gasteiger partial charge in [-0.05, 0) is 32.9 Å². The minimum atomic E-state index is -4.71. The molecule has 1 amide bonds. The van der Waals surface area contributed by atoms with Crippen LogP contribution in [-0.2, 0) is 10.9 Å². The molecule has 134 valence electrons. The van der Waals surface area contributed by atoms with Crippen LogP contribution in [0.4, 0.5) is 22.4 Å². The highest BCUT2D eigenvalue weighted by molar-refractivity contribution is 5.68. The number of halogens is 4. The van der Waals surface area contributed by atoms with Gasteiger partial charge in [0.25, 0.3) is 5.95 Å². The molecule has 1 heterocycles. The fourth-order valence-corrected chi connectivity index (χ4v) is 2.04. The van der Waals surface area contributed by atoms with Gasteiger partial charge < -0.3 is 14.8 Å². The van der Waals surface area contributed by atoms with Crippen molar-refractivity contribution in [1.29, 1.82) is 0 Å². The number of carbonyl (C=O) groups excluding carboxylic acids is 1. The van der Waals surface area contributed by atoms with Crippen LogP contribution >= 0.6 is 0 Å². The second-order valence-corrected chi connectivity index (χ2v) is 6.60. The van der Waals surface area contributed by atoms with E-state index in [9.17, 15) is 22.4 Å². The number of alkyl halides is 3. The van der Waals surface area contributed by atoms with Crippen molar-refractivity contribution in [1.82, 2.24) is 10.3 Å². The number of ether oxygens (including phenoxy) is 2. The van der Waals surface area contributed by atoms with Crippen LogP contribution in [-0.4, -0.2) is 28.8 Å². The van der Waals surface area contributed by atoms with Crippen molar-refractivity contribution < 1.29 is 31.8 Å². The molecule has 0 spiro atoms. The molecule has 1 aliphatic carbocycles. The lowest BCUT2D eigenvalue weighted by Crippen LogP contribution is -2.46. The Morgan fingerprint density at radius 1 is 1.21 bits per heavy atom. The average molecular weight is 350 g/mol. The molecular formula is C15H18F4N2O3. The third-order valence-corrected chi connectivity index (χ3v) is 3.20. The van der Waals surface area contributed by atoms with Gasteiger partial charge in [0.15, 0.2) is 5.75 Å². The maximum absolute atomic E-state index is 13.6. The number of aromatic nitrogens is 1. The lowest BCUT2D eigenvalue weighted by atomic mass is 9.92. The Morgan fingerprint density at radius 3 is 2.33 bits per heavy atom. The summed E-state index contributed by atoms with van der Waals surface area (Å²) in [6.07, 6.45) is -5.42. The Balaban J connectivity index is 1.82. The lowest BCUT2D eigenvalue weighted by molar-refractivity contribution is -0.141. The topological polar surface area (TPSA) is 60.5 Å². The number of amides is 1. The largest absolute Gasteiger partial charge is 0.485 e. The standard InChI is InChI=1S/C15H18F4N2O3/c1-14(2,3)21-13(22)24-9-6-8(7-9)23-10-4-5-11(15(17,18)19)20-12(10)16/h4-5,8-9H,6-7H2,1-3H3,(H,21,22). The van der Waals surface area contributed by atoms with E-state index in [1.54, 1.807) is 20.8 Å². The maximum atomic E-state index is 13.6. The molecule has 9 heteroatoms. The van der Waals surface area contributed by atoms with Gasteiger partial charge in [0, 0.05) is 18.4 Å². The van der Waals surface area contributed by atoms with Gasteiger partial charge in [-0.2, -0.15) is 17.6 Å². The van der Waals surface area contributed by atoms with Crippen molar-refractivity contribution in [2.45, 2.75) is 57.5 Å². The molecule has 1 fully saturated rings. The molecule has 1 aromatic heterocycles. The molecule has 0 atom stereocenters. The highest BCUT2D eigenvalue weighted by Gasteiger charge is 2.36. The molecule has 0 unspecified atom stereocenters. The minimum Gasteiger partial charge on any atom is -0.485 e. The van der Waals surface area contributed by atoms with E-state index >= 15 is 0 Å². The highest BCUT2D eigenvalue weighted by atomic mass is 19.4. The van der Waals surface area contributed by atoms with Crippen molar-refractivity contribution in [3.8, 4) is 5.75 Å². The van der Waals surface area contributed by atoms with E-state index in [1.165, 1.54) is 0 Å². The number of rotatable bonds is 3. The second-order valence-electron chi connectivity index (χ2n) is 6.60. The third kappa shape index (κ3) is 4.97. The van der Waals surface area contributed by atoms with Gasteiger partial charge >= 0.3 is 12.3 Å². The number of nitrogens with one attached hydrogen (secondary N) is 1. The summed E-state index contributed by atoms with van der Waals surface area (Å²) in [6.45, 7) is 5.42. The normalized spacial score (nSPS) is 21.0. The Kier molecular flexibility index (Phi) is 4.91. The SMILES string of the molecule is CC(C)(C)NC(=O)OC1CC(Oc2ccc(C(F)(F)F)nc2F)C1. The van der Waals surface area contributed by atoms with Crippen LogP contribution in [0.25, 0.3) is 0 Å². The molecule has 2 rings (SSSR count). The molecular weight excluding hydrogens is 332 g/mol. The van der Waals surface area contributed by atoms with E-state index in [-0.39, 0.29) is 11.9 Å². The van der Waals surface area contributed by atoms with Crippen molar-refractivity contribution in [3.05, 3.63) is 23.8 Å². The van der Waals surface area contributed by atoms with Gasteiger partial charge in [-0.25, -0.2) is 9.78 Å². The number of nitrogens with zero attached hydrogens (tertiary/aromatic N) is 1. The zero-order valence-corrected chi connectivity index (χ0v) is 13.4. The summed E-state index contributed by atoms with van der Waals surface area (Å²) in [5, 5.41) is 2.63. The van der Waals surface area contributed by atoms with E-state index < -0.39 is 35.6 Å². The fraction of sp³-hybridized carbons (Fsp3) is 0.600. The summed E-state index contributed by atoms with van der Waals surface area (Å²) in [5.41, 5.74) is -1.74. The third-order valence-electron chi connectivity index (χ3n) is 3.20. The molecule has 0 radical (unpaired) electrons. The monoisotopic (exact) mass is 350 g/mol. The summed E-state index contributed by atoms with van der Waals surface area (Å²) in [4.78, 5) is 14.4. The highest BCUT2D eigenvalue weighted by Crippen LogP contribution is 2.32. The zero-order valence-electron chi connectivity index (χ0n) is 13.4. The summed E-state index contributed by atoms with van der Waals surface area (Å²) in [5.74, 6) is -1.68. The van der Waals surface area contributed by atoms with Crippen LogP contribution < -0.4 is 10.1 Å². The number of hydrogen-bond donors (Lipinski definition) is 1. The van der Waals surface area contributed by atoms with Gasteiger partial charge in [0.1, 0.15) is 17.9 Å². The van der Waals surface area contributed by atoms with Crippen molar-refractivity contribution in [2.75, 3.05) is 0 Å². The Hall–Kier alpha value is -2.06. The van der Waals surface area contributed by atoms with E-state index in [0.717, 1.165) is 6.07 Å². The van der Waals surface area contributed by atoms with E-state index in [2.05, 4.69) is 10.3 Å². The molecule has 0 aromatic carbocycles. The van der Waals surface area contributed by atoms with Crippen LogP contribution in [0.2, 0.25) is 0 Å². The lowest BCUT2D eigenvalue weighted by Gasteiger charge is -2.35. The van der Waals surface area contributed by atoms with Crippen LogP contribution in [0, 0.1) is 5.95 Å². The molecule has 0 bridgehead atoms. The Bertz CT molecular complexity index is 608. The van der Waals surface area contributed by atoms with E-state index in [4.69, 9.17) is 9.47 Å². The van der Waals surface area contributed by atoms with Crippen LogP contribution in [0.5, 0.6) is 5.75 Å². The first-order chi connectivity index (χ1) is 10.9. The zero-order chi connectivity index (χ0) is 18.1. The second kappa shape index (κ2) is 6.45. The summed E-state index contributed by atoms with van der Waals surface area (Å²) in [7, 11) is 0. The van der Waals surface area contributed by atoms with Gasteiger partial charge in [0.05, 0.1) is 0 Å². The Morgan fingerprint density at radius 2 is 1.83 bits per heavy atom. The molecule has 1 N–H and O–H groups in total. The van der Waals surface area contributed by atoms with Crippen LogP contribution in [0.15, 0.2) is 12.1 Å².